The molecule has 0 aliphatic heterocycles. The second-order valence-electron chi connectivity index (χ2n) is 4.19. The molecule has 0 bridgehead atoms. The molecule has 5 heteroatoms. The van der Waals surface area contributed by atoms with Gasteiger partial charge < -0.3 is 5.32 Å². The highest BCUT2D eigenvalue weighted by atomic mass is 32.1. The number of hydrogen-bond acceptors (Lipinski definition) is 5. The first-order valence-electron chi connectivity index (χ1n) is 5.82. The van der Waals surface area contributed by atoms with E-state index in [0.29, 0.717) is 12.0 Å². The van der Waals surface area contributed by atoms with Crippen LogP contribution >= 0.6 is 11.5 Å². The van der Waals surface area contributed by atoms with Crippen LogP contribution in [-0.4, -0.2) is 10.2 Å². The predicted octanol–water partition coefficient (Wildman–Crippen LogP) is 3.46. The number of anilines is 2. The third kappa shape index (κ3) is 2.98. The molecule has 0 atom stereocenters. The molecule has 1 aromatic carbocycles. The van der Waals surface area contributed by atoms with Crippen molar-refractivity contribution in [3.63, 3.8) is 0 Å². The van der Waals surface area contributed by atoms with Crippen molar-refractivity contribution in [2.45, 2.75) is 20.3 Å². The van der Waals surface area contributed by atoms with Gasteiger partial charge in [-0.15, -0.1) is 0 Å². The summed E-state index contributed by atoms with van der Waals surface area (Å²) in [4.78, 5) is 11.6. The van der Waals surface area contributed by atoms with Crippen molar-refractivity contribution in [1.82, 2.24) is 4.37 Å². The first-order chi connectivity index (χ1) is 9.11. The van der Waals surface area contributed by atoms with Crippen molar-refractivity contribution < 1.29 is 4.79 Å². The smallest absolute Gasteiger partial charge is 0.164 e. The van der Waals surface area contributed by atoms with Crippen molar-refractivity contribution in [2.24, 2.45) is 0 Å². The molecule has 96 valence electrons. The Morgan fingerprint density at radius 1 is 1.42 bits per heavy atom. The zero-order valence-corrected chi connectivity index (χ0v) is 11.5. The van der Waals surface area contributed by atoms with E-state index in [0.717, 1.165) is 21.9 Å². The van der Waals surface area contributed by atoms with E-state index in [1.54, 1.807) is 0 Å². The number of ketones is 1. The molecule has 0 saturated heterocycles. The SMILES string of the molecule is CC(=O)c1c(C)nsc1Nc1ccc(CC#N)cc1. The second kappa shape index (κ2) is 5.63. The van der Waals surface area contributed by atoms with Crippen LogP contribution in [0.4, 0.5) is 10.7 Å². The van der Waals surface area contributed by atoms with Crippen molar-refractivity contribution in [1.29, 1.82) is 5.26 Å². The van der Waals surface area contributed by atoms with Crippen LogP contribution in [0, 0.1) is 18.3 Å². The lowest BCUT2D eigenvalue weighted by molar-refractivity contribution is 0.101. The number of carbonyl (C=O) groups excluding carboxylic acids is 1. The summed E-state index contributed by atoms with van der Waals surface area (Å²) >= 11 is 1.28. The lowest BCUT2D eigenvalue weighted by Gasteiger charge is -2.06. The van der Waals surface area contributed by atoms with Gasteiger partial charge in [0.2, 0.25) is 0 Å². The number of benzene rings is 1. The molecule has 1 aromatic heterocycles. The van der Waals surface area contributed by atoms with Crippen LogP contribution in [0.1, 0.15) is 28.5 Å². The Hall–Kier alpha value is -2.19. The first kappa shape index (κ1) is 13.2. The molecule has 2 rings (SSSR count). The van der Waals surface area contributed by atoms with E-state index >= 15 is 0 Å². The Kier molecular flexibility index (Phi) is 3.93. The zero-order valence-electron chi connectivity index (χ0n) is 10.7. The molecule has 1 N–H and O–H groups in total. The fraction of sp³-hybridized carbons (Fsp3) is 0.214. The van der Waals surface area contributed by atoms with E-state index in [-0.39, 0.29) is 5.78 Å². The van der Waals surface area contributed by atoms with E-state index in [4.69, 9.17) is 5.26 Å². The molecule has 2 aromatic rings. The van der Waals surface area contributed by atoms with Crippen LogP contribution in [-0.2, 0) is 6.42 Å². The molecule has 19 heavy (non-hydrogen) atoms. The van der Waals surface area contributed by atoms with E-state index in [1.807, 2.05) is 31.2 Å². The number of aryl methyl sites for hydroxylation is 1. The molecule has 0 amide bonds. The summed E-state index contributed by atoms with van der Waals surface area (Å²) in [7, 11) is 0. The van der Waals surface area contributed by atoms with Gasteiger partial charge in [-0.2, -0.15) is 9.64 Å². The van der Waals surface area contributed by atoms with Gasteiger partial charge in [-0.25, -0.2) is 0 Å². The topological polar surface area (TPSA) is 65.8 Å². The Morgan fingerprint density at radius 3 is 2.68 bits per heavy atom. The largest absolute Gasteiger partial charge is 0.345 e. The maximum Gasteiger partial charge on any atom is 0.164 e. The number of Topliss-reactive ketones (excluding diaryl/α,β-unsaturated/α-hetero) is 1. The number of carbonyl (C=O) groups is 1. The summed E-state index contributed by atoms with van der Waals surface area (Å²) in [5, 5.41) is 12.6. The van der Waals surface area contributed by atoms with Crippen LogP contribution in [0.15, 0.2) is 24.3 Å². The minimum atomic E-state index is 0.00912. The Labute approximate surface area is 115 Å². The number of nitrogens with zero attached hydrogens (tertiary/aromatic N) is 2. The fourth-order valence-electron chi connectivity index (χ4n) is 1.80. The summed E-state index contributed by atoms with van der Waals surface area (Å²) in [5.41, 5.74) is 3.25. The molecule has 0 spiro atoms. The molecular formula is C14H13N3OS. The number of nitrogens with one attached hydrogen (secondary N) is 1. The van der Waals surface area contributed by atoms with Gasteiger partial charge in [-0.05, 0) is 43.1 Å². The molecule has 1 heterocycles. The van der Waals surface area contributed by atoms with Gasteiger partial charge in [-0.1, -0.05) is 12.1 Å². The minimum Gasteiger partial charge on any atom is -0.345 e. The first-order valence-corrected chi connectivity index (χ1v) is 6.59. The fourth-order valence-corrected chi connectivity index (χ4v) is 2.66. The standard InChI is InChI=1S/C14H13N3OS/c1-9-13(10(2)18)14(19-17-9)16-12-5-3-11(4-6-12)7-8-15/h3-6,16H,7H2,1-2H3. The third-order valence-electron chi connectivity index (χ3n) is 2.71. The van der Waals surface area contributed by atoms with Crippen molar-refractivity contribution >= 4 is 28.0 Å². The third-order valence-corrected chi connectivity index (χ3v) is 3.56. The monoisotopic (exact) mass is 271 g/mol. The van der Waals surface area contributed by atoms with E-state index in [9.17, 15) is 4.79 Å². The molecule has 0 radical (unpaired) electrons. The summed E-state index contributed by atoms with van der Waals surface area (Å²) in [5.74, 6) is 0.00912. The van der Waals surface area contributed by atoms with E-state index < -0.39 is 0 Å². The summed E-state index contributed by atoms with van der Waals surface area (Å²) in [6, 6.07) is 9.69. The summed E-state index contributed by atoms with van der Waals surface area (Å²) < 4.78 is 4.20. The number of aromatic nitrogens is 1. The highest BCUT2D eigenvalue weighted by Gasteiger charge is 2.14. The van der Waals surface area contributed by atoms with E-state index in [1.165, 1.54) is 18.5 Å². The normalized spacial score (nSPS) is 9.95. The summed E-state index contributed by atoms with van der Waals surface area (Å²) in [6.07, 6.45) is 0.401. The van der Waals surface area contributed by atoms with Crippen molar-refractivity contribution in [3.05, 3.63) is 41.1 Å². The second-order valence-corrected chi connectivity index (χ2v) is 4.96. The number of hydrogen-bond donors (Lipinski definition) is 1. The van der Waals surface area contributed by atoms with Crippen LogP contribution in [0.25, 0.3) is 0 Å². The number of rotatable bonds is 4. The molecule has 0 fully saturated rings. The van der Waals surface area contributed by atoms with Gasteiger partial charge >= 0.3 is 0 Å². The van der Waals surface area contributed by atoms with Crippen LogP contribution < -0.4 is 5.32 Å². The zero-order chi connectivity index (χ0) is 13.8. The van der Waals surface area contributed by atoms with Crippen LogP contribution in [0.5, 0.6) is 0 Å². The van der Waals surface area contributed by atoms with Gasteiger partial charge in [0.25, 0.3) is 0 Å². The Balaban J connectivity index is 2.22. The van der Waals surface area contributed by atoms with E-state index in [2.05, 4.69) is 15.8 Å². The molecule has 4 nitrogen and oxygen atoms in total. The predicted molar refractivity (Wildman–Crippen MR) is 75.9 cm³/mol. The quantitative estimate of drug-likeness (QED) is 0.865. The Bertz CT molecular complexity index is 638. The lowest BCUT2D eigenvalue weighted by Crippen LogP contribution is -1.98. The van der Waals surface area contributed by atoms with Gasteiger partial charge in [0, 0.05) is 5.69 Å². The molecule has 0 saturated carbocycles. The average molecular weight is 271 g/mol. The maximum absolute atomic E-state index is 11.6. The Morgan fingerprint density at radius 2 is 2.11 bits per heavy atom. The lowest BCUT2D eigenvalue weighted by atomic mass is 10.1. The highest BCUT2D eigenvalue weighted by molar-refractivity contribution is 7.10. The van der Waals surface area contributed by atoms with Crippen molar-refractivity contribution in [2.75, 3.05) is 5.32 Å². The summed E-state index contributed by atoms with van der Waals surface area (Å²) in [6.45, 7) is 3.37. The highest BCUT2D eigenvalue weighted by Crippen LogP contribution is 2.28. The maximum atomic E-state index is 11.6. The molecule has 0 aliphatic carbocycles. The van der Waals surface area contributed by atoms with Crippen LogP contribution in [0.2, 0.25) is 0 Å². The number of nitriles is 1. The van der Waals surface area contributed by atoms with Gasteiger partial charge in [0.15, 0.2) is 5.78 Å². The average Bonchev–Trinajstić information content (AvgIpc) is 2.73. The van der Waals surface area contributed by atoms with Gasteiger partial charge in [-0.3, -0.25) is 4.79 Å². The minimum absolute atomic E-state index is 0.00912. The van der Waals surface area contributed by atoms with Crippen molar-refractivity contribution in [3.8, 4) is 6.07 Å². The van der Waals surface area contributed by atoms with Gasteiger partial charge in [0.05, 0.1) is 23.7 Å². The molecule has 0 aliphatic rings. The molecule has 0 unspecified atom stereocenters. The molecular weight excluding hydrogens is 258 g/mol. The van der Waals surface area contributed by atoms with Crippen LogP contribution in [0.3, 0.4) is 0 Å². The van der Waals surface area contributed by atoms with Gasteiger partial charge in [0.1, 0.15) is 5.00 Å².